The summed E-state index contributed by atoms with van der Waals surface area (Å²) in [4.78, 5) is 54.2. The Morgan fingerprint density at radius 1 is 0.849 bits per heavy atom. The number of pyridine rings is 1. The minimum absolute atomic E-state index is 0.00384. The third-order valence-corrected chi connectivity index (χ3v) is 10.7. The van der Waals surface area contributed by atoms with Gasteiger partial charge in [-0.05, 0) is 112 Å². The quantitative estimate of drug-likeness (QED) is 0.176. The van der Waals surface area contributed by atoms with Gasteiger partial charge < -0.3 is 30.2 Å². The molecule has 4 aromatic rings. The highest BCUT2D eigenvalue weighted by molar-refractivity contribution is 6.08. The van der Waals surface area contributed by atoms with Crippen LogP contribution in [0.3, 0.4) is 0 Å². The fraction of sp³-hybridized carbons (Fsp3) is 0.395. The summed E-state index contributed by atoms with van der Waals surface area (Å²) in [5.74, 6) is -0.529. The Morgan fingerprint density at radius 2 is 1.64 bits per heavy atom. The molecule has 1 aliphatic carbocycles. The van der Waals surface area contributed by atoms with Gasteiger partial charge in [0.15, 0.2) is 0 Å². The molecular formula is C43H53N7O3. The van der Waals surface area contributed by atoms with Crippen molar-refractivity contribution in [1.82, 2.24) is 25.0 Å². The van der Waals surface area contributed by atoms with Crippen LogP contribution < -0.4 is 15.5 Å². The molecule has 1 saturated heterocycles. The molecule has 1 atom stereocenters. The van der Waals surface area contributed by atoms with Gasteiger partial charge in [0.2, 0.25) is 0 Å². The van der Waals surface area contributed by atoms with Crippen LogP contribution in [0.4, 0.5) is 11.4 Å². The number of benzene rings is 3. The van der Waals surface area contributed by atoms with Gasteiger partial charge in [0.1, 0.15) is 0 Å². The van der Waals surface area contributed by atoms with Gasteiger partial charge in [-0.15, -0.1) is 0 Å². The number of rotatable bonds is 12. The zero-order valence-corrected chi connectivity index (χ0v) is 31.6. The molecule has 0 bridgehead atoms. The number of nitrogens with one attached hydrogen (secondary N) is 2. The van der Waals surface area contributed by atoms with Crippen LogP contribution in [0, 0.1) is 0 Å². The Balaban J connectivity index is 1.23. The van der Waals surface area contributed by atoms with Crippen molar-refractivity contribution in [1.29, 1.82) is 0 Å². The fourth-order valence-corrected chi connectivity index (χ4v) is 7.55. The normalized spacial score (nSPS) is 15.9. The van der Waals surface area contributed by atoms with Gasteiger partial charge in [0, 0.05) is 87.5 Å². The first-order valence-corrected chi connectivity index (χ1v) is 19.1. The van der Waals surface area contributed by atoms with Crippen LogP contribution in [-0.2, 0) is 6.42 Å². The Morgan fingerprint density at radius 3 is 2.47 bits per heavy atom. The molecule has 6 rings (SSSR count). The summed E-state index contributed by atoms with van der Waals surface area (Å²) in [5, 5.41) is 6.52. The smallest absolute Gasteiger partial charge is 0.255 e. The van der Waals surface area contributed by atoms with Crippen LogP contribution in [0.1, 0.15) is 81.4 Å². The number of anilines is 2. The van der Waals surface area contributed by atoms with E-state index in [-0.39, 0.29) is 23.8 Å². The van der Waals surface area contributed by atoms with Crippen molar-refractivity contribution < 1.29 is 14.4 Å². The van der Waals surface area contributed by atoms with Gasteiger partial charge in [-0.1, -0.05) is 30.3 Å². The number of fused-ring (bicyclic) bond motifs is 1. The van der Waals surface area contributed by atoms with Crippen LogP contribution in [0.5, 0.6) is 0 Å². The van der Waals surface area contributed by atoms with Gasteiger partial charge >= 0.3 is 0 Å². The maximum absolute atomic E-state index is 14.0. The fourth-order valence-electron chi connectivity index (χ4n) is 7.55. The predicted octanol–water partition coefficient (Wildman–Crippen LogP) is 6.36. The molecule has 1 fully saturated rings. The molecule has 278 valence electrons. The maximum atomic E-state index is 14.0. The number of carbonyl (C=O) groups is 3. The molecule has 0 unspecified atom stereocenters. The molecule has 53 heavy (non-hydrogen) atoms. The topological polar surface area (TPSA) is 101 Å². The van der Waals surface area contributed by atoms with E-state index in [4.69, 9.17) is 4.98 Å². The lowest BCUT2D eigenvalue weighted by atomic mass is 9.87. The Kier molecular flexibility index (Phi) is 12.5. The number of carbonyl (C=O) groups excluding carboxylic acids is 3. The van der Waals surface area contributed by atoms with E-state index in [0.717, 1.165) is 77.2 Å². The lowest BCUT2D eigenvalue weighted by Gasteiger charge is -2.33. The molecule has 2 aliphatic rings. The molecule has 3 amide bonds. The second kappa shape index (κ2) is 17.6. The van der Waals surface area contributed by atoms with Gasteiger partial charge in [-0.3, -0.25) is 19.4 Å². The highest BCUT2D eigenvalue weighted by Gasteiger charge is 2.28. The number of amides is 3. The SMILES string of the molecule is CCN(CC)c1ccc(NC(=O)c2cccc(C(=O)N(C)CCN3CCCNCC3)c2)c(-c2cc(C(=O)N(C)[C@H]3CCCc4ccccc43)ccn2)c1. The molecule has 1 aliphatic heterocycles. The highest BCUT2D eigenvalue weighted by Crippen LogP contribution is 2.36. The van der Waals surface area contributed by atoms with Gasteiger partial charge in [-0.25, -0.2) is 0 Å². The molecule has 2 N–H and O–H groups in total. The summed E-state index contributed by atoms with van der Waals surface area (Å²) in [7, 11) is 3.69. The molecule has 0 spiro atoms. The minimum Gasteiger partial charge on any atom is -0.372 e. The van der Waals surface area contributed by atoms with Crippen LogP contribution in [-0.4, -0.2) is 104 Å². The number of nitrogens with zero attached hydrogens (tertiary/aromatic N) is 5. The monoisotopic (exact) mass is 715 g/mol. The van der Waals surface area contributed by atoms with Crippen LogP contribution in [0.15, 0.2) is 85.1 Å². The molecule has 1 aromatic heterocycles. The zero-order valence-electron chi connectivity index (χ0n) is 31.6. The average molecular weight is 716 g/mol. The van der Waals surface area contributed by atoms with Crippen molar-refractivity contribution >= 4 is 29.1 Å². The number of hydrogen-bond acceptors (Lipinski definition) is 7. The van der Waals surface area contributed by atoms with Crippen LogP contribution in [0.25, 0.3) is 11.3 Å². The summed E-state index contributed by atoms with van der Waals surface area (Å²) in [5.41, 5.74) is 6.75. The van der Waals surface area contributed by atoms with Crippen molar-refractivity contribution in [2.45, 2.75) is 45.6 Å². The molecule has 0 saturated carbocycles. The molecule has 3 aromatic carbocycles. The first-order valence-electron chi connectivity index (χ1n) is 19.1. The summed E-state index contributed by atoms with van der Waals surface area (Å²) < 4.78 is 0. The second-order valence-corrected chi connectivity index (χ2v) is 14.1. The third-order valence-electron chi connectivity index (χ3n) is 10.7. The summed E-state index contributed by atoms with van der Waals surface area (Å²) >= 11 is 0. The average Bonchev–Trinajstić information content (AvgIpc) is 3.49. The minimum atomic E-state index is -0.334. The molecule has 10 heteroatoms. The number of aromatic nitrogens is 1. The van der Waals surface area contributed by atoms with E-state index in [9.17, 15) is 14.4 Å². The van der Waals surface area contributed by atoms with E-state index in [1.807, 2.05) is 49.3 Å². The third kappa shape index (κ3) is 8.95. The first kappa shape index (κ1) is 37.7. The summed E-state index contributed by atoms with van der Waals surface area (Å²) in [6.45, 7) is 11.2. The summed E-state index contributed by atoms with van der Waals surface area (Å²) in [6.07, 6.45) is 5.74. The van der Waals surface area contributed by atoms with Crippen molar-refractivity contribution in [3.05, 3.63) is 113 Å². The molecular weight excluding hydrogens is 663 g/mol. The van der Waals surface area contributed by atoms with Crippen molar-refractivity contribution in [3.63, 3.8) is 0 Å². The summed E-state index contributed by atoms with van der Waals surface area (Å²) in [6, 6.07) is 24.8. The molecule has 0 radical (unpaired) electrons. The van der Waals surface area contributed by atoms with Crippen molar-refractivity contribution in [2.75, 3.05) is 76.7 Å². The maximum Gasteiger partial charge on any atom is 0.255 e. The standard InChI is InChI=1S/C43H53N7O3/c1-5-50(6-2)35-18-19-38(46-41(51)32-14-9-15-33(28-32)42(52)47(3)26-27-49-24-11-21-44-23-25-49)37(30-35)39-29-34(20-22-45-39)43(53)48(4)40-17-10-13-31-12-7-8-16-36(31)40/h7-9,12,14-16,18-20,22,28-30,40,44H,5-6,10-11,13,17,21,23-27H2,1-4H3,(H,46,51)/t40-/m0/s1. The van der Waals surface area contributed by atoms with E-state index in [0.29, 0.717) is 40.2 Å². The number of likely N-dealkylation sites (N-methyl/N-ethyl adjacent to an activating group) is 1. The highest BCUT2D eigenvalue weighted by atomic mass is 16.2. The van der Waals surface area contributed by atoms with Gasteiger partial charge in [0.05, 0.1) is 17.4 Å². The van der Waals surface area contributed by atoms with Gasteiger partial charge in [0.25, 0.3) is 17.7 Å². The lowest BCUT2D eigenvalue weighted by Crippen LogP contribution is -2.37. The predicted molar refractivity (Wildman–Crippen MR) is 213 cm³/mol. The molecule has 2 heterocycles. The van der Waals surface area contributed by atoms with E-state index in [1.54, 1.807) is 41.4 Å². The van der Waals surface area contributed by atoms with E-state index in [2.05, 4.69) is 52.5 Å². The van der Waals surface area contributed by atoms with E-state index < -0.39 is 0 Å². The van der Waals surface area contributed by atoms with E-state index >= 15 is 0 Å². The molecule has 10 nitrogen and oxygen atoms in total. The van der Waals surface area contributed by atoms with E-state index in [1.165, 1.54) is 11.1 Å². The van der Waals surface area contributed by atoms with Crippen LogP contribution in [0.2, 0.25) is 0 Å². The van der Waals surface area contributed by atoms with Gasteiger partial charge in [-0.2, -0.15) is 0 Å². The Hall–Kier alpha value is -5.06. The largest absolute Gasteiger partial charge is 0.372 e. The zero-order chi connectivity index (χ0) is 37.3. The Labute approximate surface area is 314 Å². The van der Waals surface area contributed by atoms with Crippen molar-refractivity contribution in [2.24, 2.45) is 0 Å². The number of hydrogen-bond donors (Lipinski definition) is 2. The number of aryl methyl sites for hydroxylation is 1. The lowest BCUT2D eigenvalue weighted by molar-refractivity contribution is 0.0714. The van der Waals surface area contributed by atoms with Crippen LogP contribution >= 0.6 is 0 Å². The first-order chi connectivity index (χ1) is 25.8. The Bertz CT molecular complexity index is 1900. The second-order valence-electron chi connectivity index (χ2n) is 14.1. The van der Waals surface area contributed by atoms with Crippen molar-refractivity contribution in [3.8, 4) is 11.3 Å².